The number of aliphatic hydroxyl groups excluding tert-OH is 1. The van der Waals surface area contributed by atoms with Crippen LogP contribution < -0.4 is 0 Å². The molecule has 0 unspecified atom stereocenters. The van der Waals surface area contributed by atoms with Gasteiger partial charge in [-0.1, -0.05) is 38.8 Å². The summed E-state index contributed by atoms with van der Waals surface area (Å²) in [5.74, 6) is 4.52. The Morgan fingerprint density at radius 1 is 1.18 bits per heavy atom. The Morgan fingerprint density at radius 2 is 1.96 bits per heavy atom. The summed E-state index contributed by atoms with van der Waals surface area (Å²) < 4.78 is 0. The Labute approximate surface area is 172 Å². The number of carbonyl (C=O) groups excluding carboxylic acids is 1. The number of allylic oxidation sites excluding steroid dienone is 1. The number of Topliss-reactive ketones (excluding diaryl/α,β-unsaturated/α-hetero) is 1. The van der Waals surface area contributed by atoms with Crippen molar-refractivity contribution in [3.63, 3.8) is 0 Å². The van der Waals surface area contributed by atoms with Crippen LogP contribution in [0.3, 0.4) is 0 Å². The van der Waals surface area contributed by atoms with Crippen molar-refractivity contribution in [2.24, 2.45) is 40.4 Å². The van der Waals surface area contributed by atoms with E-state index in [0.29, 0.717) is 16.6 Å². The highest BCUT2D eigenvalue weighted by atomic mass is 16.3. The Morgan fingerprint density at radius 3 is 2.71 bits per heavy atom. The highest BCUT2D eigenvalue weighted by Gasteiger charge is 2.59. The number of carbonyl (C=O) groups is 1. The molecule has 28 heavy (non-hydrogen) atoms. The molecular formula is C26H42O2. The number of aliphatic hydroxyl groups is 1. The summed E-state index contributed by atoms with van der Waals surface area (Å²) >= 11 is 0. The van der Waals surface area contributed by atoms with Gasteiger partial charge in [0.1, 0.15) is 5.78 Å². The zero-order chi connectivity index (χ0) is 20.1. The van der Waals surface area contributed by atoms with E-state index in [0.717, 1.165) is 55.3 Å². The number of rotatable bonds is 5. The van der Waals surface area contributed by atoms with Crippen LogP contribution in [0.5, 0.6) is 0 Å². The van der Waals surface area contributed by atoms with Crippen LogP contribution in [0.2, 0.25) is 0 Å². The van der Waals surface area contributed by atoms with Crippen LogP contribution in [-0.4, -0.2) is 17.0 Å². The van der Waals surface area contributed by atoms with E-state index in [4.69, 9.17) is 0 Å². The molecule has 0 amide bonds. The highest BCUT2D eigenvalue weighted by Crippen LogP contribution is 2.67. The first kappa shape index (κ1) is 20.6. The van der Waals surface area contributed by atoms with E-state index in [1.165, 1.54) is 44.9 Å². The second-order valence-corrected chi connectivity index (χ2v) is 11.5. The van der Waals surface area contributed by atoms with Crippen molar-refractivity contribution in [3.8, 4) is 0 Å². The Kier molecular flexibility index (Phi) is 5.57. The van der Waals surface area contributed by atoms with Gasteiger partial charge in [-0.3, -0.25) is 0 Å². The van der Waals surface area contributed by atoms with Gasteiger partial charge in [-0.15, -0.1) is 0 Å². The average molecular weight is 387 g/mol. The van der Waals surface area contributed by atoms with Gasteiger partial charge in [0.15, 0.2) is 0 Å². The molecule has 4 rings (SSSR count). The Bertz CT molecular complexity index is 636. The van der Waals surface area contributed by atoms with Crippen molar-refractivity contribution in [3.05, 3.63) is 11.6 Å². The van der Waals surface area contributed by atoms with Crippen molar-refractivity contribution in [2.75, 3.05) is 0 Å². The quantitative estimate of drug-likeness (QED) is 0.561. The number of fused-ring (bicyclic) bond motifs is 5. The molecule has 0 aliphatic heterocycles. The molecule has 158 valence electrons. The smallest absolute Gasteiger partial charge is 0.129 e. The van der Waals surface area contributed by atoms with E-state index in [2.05, 4.69) is 26.8 Å². The topological polar surface area (TPSA) is 37.3 Å². The van der Waals surface area contributed by atoms with Gasteiger partial charge in [-0.05, 0) is 105 Å². The summed E-state index contributed by atoms with van der Waals surface area (Å²) in [5, 5.41) is 10.2. The molecule has 2 heteroatoms. The van der Waals surface area contributed by atoms with Crippen molar-refractivity contribution in [1.29, 1.82) is 0 Å². The Balaban J connectivity index is 1.50. The van der Waals surface area contributed by atoms with E-state index >= 15 is 0 Å². The van der Waals surface area contributed by atoms with Crippen LogP contribution in [0, 0.1) is 40.4 Å². The second-order valence-electron chi connectivity index (χ2n) is 11.5. The number of hydrogen-bond acceptors (Lipinski definition) is 2. The summed E-state index contributed by atoms with van der Waals surface area (Å²) in [6.07, 6.45) is 15.5. The van der Waals surface area contributed by atoms with Crippen LogP contribution in [0.4, 0.5) is 0 Å². The van der Waals surface area contributed by atoms with E-state index < -0.39 is 0 Å². The minimum atomic E-state index is -0.101. The predicted octanol–water partition coefficient (Wildman–Crippen LogP) is 6.32. The van der Waals surface area contributed by atoms with Gasteiger partial charge in [-0.2, -0.15) is 0 Å². The SMILES string of the molecule is CC(=O)CCC[C@@H](C)[C@@H]1CC[C@H]2[C@@H]3CC=C4C[C@H](O)CC[C@]4(C)[C@@H]3CC[C@@]21C. The van der Waals surface area contributed by atoms with Crippen LogP contribution in [0.15, 0.2) is 11.6 Å². The minimum Gasteiger partial charge on any atom is -0.393 e. The lowest BCUT2D eigenvalue weighted by atomic mass is 9.47. The fraction of sp³-hybridized carbons (Fsp3) is 0.885. The highest BCUT2D eigenvalue weighted by molar-refractivity contribution is 5.75. The van der Waals surface area contributed by atoms with Crippen LogP contribution >= 0.6 is 0 Å². The van der Waals surface area contributed by atoms with Crippen molar-refractivity contribution < 1.29 is 9.90 Å². The first-order valence-electron chi connectivity index (χ1n) is 12.1. The normalized spacial score (nSPS) is 46.2. The molecular weight excluding hydrogens is 344 g/mol. The molecule has 0 bridgehead atoms. The first-order valence-corrected chi connectivity index (χ1v) is 12.1. The molecule has 3 saturated carbocycles. The molecule has 4 aliphatic carbocycles. The zero-order valence-corrected chi connectivity index (χ0v) is 18.7. The monoisotopic (exact) mass is 386 g/mol. The summed E-state index contributed by atoms with van der Waals surface area (Å²) in [7, 11) is 0. The molecule has 0 radical (unpaired) electrons. The van der Waals surface area contributed by atoms with Gasteiger partial charge in [0.25, 0.3) is 0 Å². The maximum Gasteiger partial charge on any atom is 0.129 e. The van der Waals surface area contributed by atoms with Gasteiger partial charge in [0.05, 0.1) is 6.10 Å². The van der Waals surface area contributed by atoms with Crippen LogP contribution in [0.1, 0.15) is 98.3 Å². The molecule has 0 saturated heterocycles. The summed E-state index contributed by atoms with van der Waals surface area (Å²) in [4.78, 5) is 11.3. The third kappa shape index (κ3) is 3.32. The van der Waals surface area contributed by atoms with Crippen LogP contribution in [0.25, 0.3) is 0 Å². The lowest BCUT2D eigenvalue weighted by Crippen LogP contribution is -2.50. The van der Waals surface area contributed by atoms with E-state index in [9.17, 15) is 9.90 Å². The van der Waals surface area contributed by atoms with Crippen molar-refractivity contribution >= 4 is 5.78 Å². The maximum absolute atomic E-state index is 11.3. The lowest BCUT2D eigenvalue weighted by Gasteiger charge is -2.58. The molecule has 0 spiro atoms. The minimum absolute atomic E-state index is 0.101. The van der Waals surface area contributed by atoms with E-state index in [1.54, 1.807) is 12.5 Å². The molecule has 4 aliphatic rings. The predicted molar refractivity (Wildman–Crippen MR) is 115 cm³/mol. The molecule has 2 nitrogen and oxygen atoms in total. The fourth-order valence-corrected chi connectivity index (χ4v) is 8.49. The fourth-order valence-electron chi connectivity index (χ4n) is 8.49. The first-order chi connectivity index (χ1) is 13.3. The standard InChI is InChI=1S/C26H42O2/c1-17(6-5-7-18(2)27)22-10-11-23-21-9-8-19-16-20(28)12-14-25(19,3)24(21)13-15-26(22,23)4/h8,17,20-24,28H,5-7,9-16H2,1-4H3/t17-,20-,21+,22+,23+,24-,25+,26-/m1/s1. The summed E-state index contributed by atoms with van der Waals surface area (Å²) in [5.41, 5.74) is 2.45. The largest absolute Gasteiger partial charge is 0.393 e. The molecule has 0 heterocycles. The summed E-state index contributed by atoms with van der Waals surface area (Å²) in [6.45, 7) is 9.35. The molecule has 0 aromatic heterocycles. The lowest BCUT2D eigenvalue weighted by molar-refractivity contribution is -0.117. The van der Waals surface area contributed by atoms with Gasteiger partial charge >= 0.3 is 0 Å². The summed E-state index contributed by atoms with van der Waals surface area (Å²) in [6, 6.07) is 0. The van der Waals surface area contributed by atoms with Crippen molar-refractivity contribution in [2.45, 2.75) is 104 Å². The van der Waals surface area contributed by atoms with Crippen molar-refractivity contribution in [1.82, 2.24) is 0 Å². The van der Waals surface area contributed by atoms with E-state index in [-0.39, 0.29) is 6.10 Å². The Hall–Kier alpha value is -0.630. The zero-order valence-electron chi connectivity index (χ0n) is 18.7. The van der Waals surface area contributed by atoms with E-state index in [1.807, 2.05) is 0 Å². The molecule has 0 aromatic carbocycles. The number of ketones is 1. The van der Waals surface area contributed by atoms with Gasteiger partial charge in [-0.25, -0.2) is 0 Å². The second kappa shape index (κ2) is 7.56. The van der Waals surface area contributed by atoms with Gasteiger partial charge in [0, 0.05) is 6.42 Å². The molecule has 8 atom stereocenters. The molecule has 3 fully saturated rings. The van der Waals surface area contributed by atoms with Gasteiger partial charge in [0.2, 0.25) is 0 Å². The maximum atomic E-state index is 11.3. The van der Waals surface area contributed by atoms with Crippen LogP contribution in [-0.2, 0) is 4.79 Å². The molecule has 1 N–H and O–H groups in total. The van der Waals surface area contributed by atoms with Gasteiger partial charge < -0.3 is 9.90 Å². The third-order valence-corrected chi connectivity index (χ3v) is 10.0. The number of hydrogen-bond donors (Lipinski definition) is 1. The average Bonchev–Trinajstić information content (AvgIpc) is 2.99. The molecule has 0 aromatic rings. The third-order valence-electron chi connectivity index (χ3n) is 10.0.